The lowest BCUT2D eigenvalue weighted by Gasteiger charge is -2.08. The summed E-state index contributed by atoms with van der Waals surface area (Å²) < 4.78 is 1.18. The van der Waals surface area contributed by atoms with Crippen molar-refractivity contribution in [2.45, 2.75) is 19.8 Å². The van der Waals surface area contributed by atoms with Gasteiger partial charge in [0.05, 0.1) is 11.4 Å². The smallest absolute Gasteiger partial charge is 0.0574 e. The number of rotatable bonds is 4. The summed E-state index contributed by atoms with van der Waals surface area (Å²) in [5.74, 6) is 0. The van der Waals surface area contributed by atoms with Gasteiger partial charge in [-0.3, -0.25) is 0 Å². The summed E-state index contributed by atoms with van der Waals surface area (Å²) in [5, 5.41) is 3.31. The number of nitrogens with two attached hydrogens (primary N) is 1. The van der Waals surface area contributed by atoms with Crippen LogP contribution in [0.1, 0.15) is 19.8 Å². The maximum atomic E-state index is 5.84. The molecule has 0 spiro atoms. The highest BCUT2D eigenvalue weighted by molar-refractivity contribution is 14.1. The highest BCUT2D eigenvalue weighted by Crippen LogP contribution is 2.20. The van der Waals surface area contributed by atoms with E-state index in [4.69, 9.17) is 5.73 Å². The molecular formula is C10H15IN2. The van der Waals surface area contributed by atoms with Crippen LogP contribution < -0.4 is 11.1 Å². The minimum Gasteiger partial charge on any atom is -0.397 e. The van der Waals surface area contributed by atoms with Gasteiger partial charge >= 0.3 is 0 Å². The van der Waals surface area contributed by atoms with Gasteiger partial charge < -0.3 is 11.1 Å². The summed E-state index contributed by atoms with van der Waals surface area (Å²) in [6.45, 7) is 3.18. The molecule has 72 valence electrons. The second-order valence-corrected chi connectivity index (χ2v) is 4.26. The number of nitrogens with one attached hydrogen (secondary N) is 1. The van der Waals surface area contributed by atoms with Crippen LogP contribution in [0.25, 0.3) is 0 Å². The number of halogens is 1. The number of hydrogen-bond acceptors (Lipinski definition) is 2. The minimum absolute atomic E-state index is 0.836. The Kier molecular flexibility index (Phi) is 4.35. The molecule has 0 amide bonds. The Morgan fingerprint density at radius 2 is 2.23 bits per heavy atom. The van der Waals surface area contributed by atoms with E-state index in [0.29, 0.717) is 0 Å². The van der Waals surface area contributed by atoms with Crippen molar-refractivity contribution in [3.05, 3.63) is 21.8 Å². The van der Waals surface area contributed by atoms with E-state index >= 15 is 0 Å². The van der Waals surface area contributed by atoms with Crippen LogP contribution in [0.5, 0.6) is 0 Å². The fraction of sp³-hybridized carbons (Fsp3) is 0.400. The van der Waals surface area contributed by atoms with E-state index in [0.717, 1.165) is 17.9 Å². The van der Waals surface area contributed by atoms with Crippen molar-refractivity contribution < 1.29 is 0 Å². The molecule has 1 rings (SSSR count). The summed E-state index contributed by atoms with van der Waals surface area (Å²) in [6.07, 6.45) is 2.39. The van der Waals surface area contributed by atoms with E-state index in [1.54, 1.807) is 0 Å². The molecule has 1 aromatic rings. The average molecular weight is 290 g/mol. The van der Waals surface area contributed by atoms with Crippen LogP contribution >= 0.6 is 22.6 Å². The maximum absolute atomic E-state index is 5.84. The molecule has 0 saturated carbocycles. The van der Waals surface area contributed by atoms with Gasteiger partial charge in [-0.15, -0.1) is 0 Å². The number of benzene rings is 1. The predicted octanol–water partition coefficient (Wildman–Crippen LogP) is 3.09. The van der Waals surface area contributed by atoms with Crippen LogP contribution in [0.4, 0.5) is 11.4 Å². The van der Waals surface area contributed by atoms with Crippen molar-refractivity contribution in [2.75, 3.05) is 17.6 Å². The molecule has 3 N–H and O–H groups in total. The zero-order valence-corrected chi connectivity index (χ0v) is 9.97. The summed E-state index contributed by atoms with van der Waals surface area (Å²) in [4.78, 5) is 0. The second-order valence-electron chi connectivity index (χ2n) is 3.01. The van der Waals surface area contributed by atoms with Crippen molar-refractivity contribution in [3.8, 4) is 0 Å². The number of hydrogen-bond donors (Lipinski definition) is 2. The van der Waals surface area contributed by atoms with Crippen molar-refractivity contribution in [1.29, 1.82) is 0 Å². The average Bonchev–Trinajstić information content (AvgIpc) is 2.09. The third-order valence-electron chi connectivity index (χ3n) is 1.86. The molecule has 0 aliphatic heterocycles. The SMILES string of the molecule is CCCCNc1ccc(I)cc1N. The summed E-state index contributed by atoms with van der Waals surface area (Å²) >= 11 is 2.26. The van der Waals surface area contributed by atoms with Crippen molar-refractivity contribution in [1.82, 2.24) is 0 Å². The van der Waals surface area contributed by atoms with Crippen molar-refractivity contribution in [2.24, 2.45) is 0 Å². The first-order chi connectivity index (χ1) is 6.24. The maximum Gasteiger partial charge on any atom is 0.0574 e. The Hall–Kier alpha value is -0.450. The van der Waals surface area contributed by atoms with Crippen LogP contribution in [0.15, 0.2) is 18.2 Å². The third-order valence-corrected chi connectivity index (χ3v) is 2.53. The Morgan fingerprint density at radius 1 is 1.46 bits per heavy atom. The van der Waals surface area contributed by atoms with Gasteiger partial charge in [-0.2, -0.15) is 0 Å². The quantitative estimate of drug-likeness (QED) is 0.508. The van der Waals surface area contributed by atoms with Gasteiger partial charge in [0.15, 0.2) is 0 Å². The van der Waals surface area contributed by atoms with Crippen LogP contribution in [-0.2, 0) is 0 Å². The summed E-state index contributed by atoms with van der Waals surface area (Å²) in [6, 6.07) is 6.08. The normalized spacial score (nSPS) is 10.0. The zero-order chi connectivity index (χ0) is 9.68. The standard InChI is InChI=1S/C10H15IN2/c1-2-3-6-13-10-5-4-8(11)7-9(10)12/h4-5,7,13H,2-3,6,12H2,1H3. The van der Waals surface area contributed by atoms with Gasteiger partial charge in [0, 0.05) is 10.1 Å². The topological polar surface area (TPSA) is 38.0 Å². The fourth-order valence-electron chi connectivity index (χ4n) is 1.09. The Balaban J connectivity index is 2.56. The fourth-order valence-corrected chi connectivity index (χ4v) is 1.61. The van der Waals surface area contributed by atoms with E-state index in [1.807, 2.05) is 12.1 Å². The zero-order valence-electron chi connectivity index (χ0n) is 7.81. The van der Waals surface area contributed by atoms with Gasteiger partial charge in [-0.25, -0.2) is 0 Å². The summed E-state index contributed by atoms with van der Waals surface area (Å²) in [5.41, 5.74) is 7.72. The lowest BCUT2D eigenvalue weighted by atomic mass is 10.2. The molecule has 0 radical (unpaired) electrons. The van der Waals surface area contributed by atoms with E-state index in [-0.39, 0.29) is 0 Å². The molecule has 3 heteroatoms. The van der Waals surface area contributed by atoms with Crippen LogP contribution in [0.2, 0.25) is 0 Å². The second kappa shape index (κ2) is 5.32. The van der Waals surface area contributed by atoms with Gasteiger partial charge in [0.25, 0.3) is 0 Å². The molecule has 13 heavy (non-hydrogen) atoms. The van der Waals surface area contributed by atoms with Gasteiger partial charge in [-0.05, 0) is 47.2 Å². The Morgan fingerprint density at radius 3 is 2.85 bits per heavy atom. The van der Waals surface area contributed by atoms with Crippen LogP contribution in [0.3, 0.4) is 0 Å². The highest BCUT2D eigenvalue weighted by Gasteiger charge is 1.97. The molecule has 0 unspecified atom stereocenters. The molecule has 1 aromatic carbocycles. The summed E-state index contributed by atoms with van der Waals surface area (Å²) in [7, 11) is 0. The lowest BCUT2D eigenvalue weighted by Crippen LogP contribution is -2.03. The van der Waals surface area contributed by atoms with Crippen molar-refractivity contribution >= 4 is 34.0 Å². The Labute approximate surface area is 93.0 Å². The molecule has 0 fully saturated rings. The van der Waals surface area contributed by atoms with Crippen molar-refractivity contribution in [3.63, 3.8) is 0 Å². The largest absolute Gasteiger partial charge is 0.397 e. The molecule has 0 atom stereocenters. The number of unbranched alkanes of at least 4 members (excludes halogenated alkanes) is 1. The Bertz CT molecular complexity index is 274. The van der Waals surface area contributed by atoms with E-state index in [1.165, 1.54) is 16.4 Å². The molecular weight excluding hydrogens is 275 g/mol. The molecule has 0 aromatic heterocycles. The van der Waals surface area contributed by atoms with Gasteiger partial charge in [0.1, 0.15) is 0 Å². The van der Waals surface area contributed by atoms with E-state index < -0.39 is 0 Å². The van der Waals surface area contributed by atoms with E-state index in [2.05, 4.69) is 40.9 Å². The molecule has 0 aliphatic carbocycles. The van der Waals surface area contributed by atoms with Gasteiger partial charge in [-0.1, -0.05) is 13.3 Å². The molecule has 0 saturated heterocycles. The monoisotopic (exact) mass is 290 g/mol. The molecule has 2 nitrogen and oxygen atoms in total. The minimum atomic E-state index is 0.836. The lowest BCUT2D eigenvalue weighted by molar-refractivity contribution is 0.834. The third kappa shape index (κ3) is 3.42. The van der Waals surface area contributed by atoms with Gasteiger partial charge in [0.2, 0.25) is 0 Å². The van der Waals surface area contributed by atoms with Crippen LogP contribution in [-0.4, -0.2) is 6.54 Å². The first kappa shape index (κ1) is 10.6. The molecule has 0 bridgehead atoms. The number of anilines is 2. The van der Waals surface area contributed by atoms with E-state index in [9.17, 15) is 0 Å². The number of nitrogen functional groups attached to an aromatic ring is 1. The first-order valence-corrected chi connectivity index (χ1v) is 5.61. The highest BCUT2D eigenvalue weighted by atomic mass is 127. The predicted molar refractivity (Wildman–Crippen MR) is 67.0 cm³/mol. The van der Waals surface area contributed by atoms with Crippen LogP contribution in [0, 0.1) is 3.57 Å². The molecule has 0 aliphatic rings. The first-order valence-electron chi connectivity index (χ1n) is 4.53. The molecule has 0 heterocycles.